The average Bonchev–Trinajstić information content (AvgIpc) is 2.85. The van der Waals surface area contributed by atoms with Crippen LogP contribution in [-0.2, 0) is 7.05 Å². The predicted octanol–water partition coefficient (Wildman–Crippen LogP) is 0.990. The van der Waals surface area contributed by atoms with Crippen molar-refractivity contribution in [2.75, 3.05) is 14.2 Å². The molecule has 1 aromatic carbocycles. The Morgan fingerprint density at radius 3 is 2.26 bits per heavy atom. The molecule has 0 saturated carbocycles. The van der Waals surface area contributed by atoms with Gasteiger partial charge in [0.05, 0.1) is 38.5 Å². The molecule has 6 nitrogen and oxygen atoms in total. The second kappa shape index (κ2) is 5.73. The molecular weight excluding hydrogens is 244 g/mol. The zero-order valence-corrected chi connectivity index (χ0v) is 11.3. The molecule has 6 heteroatoms. The van der Waals surface area contributed by atoms with Crippen LogP contribution in [0.5, 0.6) is 11.5 Å². The highest BCUT2D eigenvalue weighted by Gasteiger charge is 2.17. The molecule has 0 aliphatic rings. The van der Waals surface area contributed by atoms with Crippen LogP contribution >= 0.6 is 0 Å². The summed E-state index contributed by atoms with van der Waals surface area (Å²) in [6.45, 7) is 0. The van der Waals surface area contributed by atoms with E-state index >= 15 is 0 Å². The van der Waals surface area contributed by atoms with E-state index in [1.165, 1.54) is 0 Å². The predicted molar refractivity (Wildman–Crippen MR) is 71.9 cm³/mol. The molecule has 0 fully saturated rings. The van der Waals surface area contributed by atoms with Gasteiger partial charge in [-0.3, -0.25) is 5.84 Å². The maximum atomic E-state index is 5.68. The van der Waals surface area contributed by atoms with Gasteiger partial charge in [-0.05, 0) is 17.7 Å². The first-order valence-corrected chi connectivity index (χ1v) is 5.85. The number of nitrogens with two attached hydrogens (primary N) is 1. The molecule has 19 heavy (non-hydrogen) atoms. The first kappa shape index (κ1) is 13.4. The van der Waals surface area contributed by atoms with E-state index in [0.717, 1.165) is 22.8 Å². The monoisotopic (exact) mass is 262 g/mol. The molecule has 0 aliphatic heterocycles. The van der Waals surface area contributed by atoms with Gasteiger partial charge in [-0.2, -0.15) is 0 Å². The van der Waals surface area contributed by atoms with Crippen LogP contribution in [0.25, 0.3) is 0 Å². The van der Waals surface area contributed by atoms with E-state index in [4.69, 9.17) is 15.3 Å². The van der Waals surface area contributed by atoms with E-state index < -0.39 is 0 Å². The highest BCUT2D eigenvalue weighted by Crippen LogP contribution is 2.29. The molecule has 0 saturated heterocycles. The van der Waals surface area contributed by atoms with Crippen molar-refractivity contribution in [2.45, 2.75) is 6.04 Å². The van der Waals surface area contributed by atoms with Crippen molar-refractivity contribution in [1.82, 2.24) is 15.0 Å². The quantitative estimate of drug-likeness (QED) is 0.621. The first-order valence-electron chi connectivity index (χ1n) is 5.85. The summed E-state index contributed by atoms with van der Waals surface area (Å²) in [5.74, 6) is 7.11. The average molecular weight is 262 g/mol. The standard InChI is InChI=1S/C13H18N4O2/c1-17-8-15-7-12(17)13(16-14)9-4-10(18-2)6-11(5-9)19-3/h4-8,13,16H,14H2,1-3H3. The molecule has 1 heterocycles. The van der Waals surface area contributed by atoms with Gasteiger partial charge in [-0.1, -0.05) is 0 Å². The molecule has 0 amide bonds. The van der Waals surface area contributed by atoms with Gasteiger partial charge in [0.15, 0.2) is 0 Å². The fourth-order valence-corrected chi connectivity index (χ4v) is 1.99. The lowest BCUT2D eigenvalue weighted by atomic mass is 10.0. The van der Waals surface area contributed by atoms with E-state index in [1.54, 1.807) is 26.7 Å². The van der Waals surface area contributed by atoms with Gasteiger partial charge in [0.25, 0.3) is 0 Å². The molecule has 0 radical (unpaired) electrons. The minimum atomic E-state index is -0.184. The molecule has 1 aromatic heterocycles. The summed E-state index contributed by atoms with van der Waals surface area (Å²) in [7, 11) is 5.16. The van der Waals surface area contributed by atoms with E-state index in [1.807, 2.05) is 29.8 Å². The summed E-state index contributed by atoms with van der Waals surface area (Å²) in [6.07, 6.45) is 3.51. The molecule has 102 valence electrons. The van der Waals surface area contributed by atoms with Crippen LogP contribution < -0.4 is 20.7 Å². The third kappa shape index (κ3) is 2.69. The third-order valence-corrected chi connectivity index (χ3v) is 3.02. The van der Waals surface area contributed by atoms with Crippen molar-refractivity contribution in [3.63, 3.8) is 0 Å². The van der Waals surface area contributed by atoms with E-state index in [-0.39, 0.29) is 6.04 Å². The number of rotatable bonds is 5. The maximum Gasteiger partial charge on any atom is 0.122 e. The van der Waals surface area contributed by atoms with Gasteiger partial charge in [0.1, 0.15) is 11.5 Å². The number of aryl methyl sites for hydroxylation is 1. The Labute approximate surface area is 112 Å². The summed E-state index contributed by atoms with van der Waals surface area (Å²) >= 11 is 0. The van der Waals surface area contributed by atoms with Crippen molar-refractivity contribution in [3.8, 4) is 11.5 Å². The Kier molecular flexibility index (Phi) is 4.03. The minimum absolute atomic E-state index is 0.184. The number of aromatic nitrogens is 2. The normalized spacial score (nSPS) is 12.2. The summed E-state index contributed by atoms with van der Waals surface area (Å²) in [6, 6.07) is 5.47. The topological polar surface area (TPSA) is 74.3 Å². The van der Waals surface area contributed by atoms with Gasteiger partial charge >= 0.3 is 0 Å². The van der Waals surface area contributed by atoms with Crippen molar-refractivity contribution in [1.29, 1.82) is 0 Å². The lowest BCUT2D eigenvalue weighted by molar-refractivity contribution is 0.392. The van der Waals surface area contributed by atoms with Gasteiger partial charge in [0, 0.05) is 13.1 Å². The number of ether oxygens (including phenoxy) is 2. The van der Waals surface area contributed by atoms with Crippen LogP contribution in [0.4, 0.5) is 0 Å². The fraction of sp³-hybridized carbons (Fsp3) is 0.308. The van der Waals surface area contributed by atoms with Crippen LogP contribution in [0.15, 0.2) is 30.7 Å². The Hall–Kier alpha value is -2.05. The van der Waals surface area contributed by atoms with E-state index in [0.29, 0.717) is 0 Å². The van der Waals surface area contributed by atoms with Crippen LogP contribution in [0.3, 0.4) is 0 Å². The molecule has 0 bridgehead atoms. The van der Waals surface area contributed by atoms with Crippen molar-refractivity contribution in [2.24, 2.45) is 12.9 Å². The van der Waals surface area contributed by atoms with Gasteiger partial charge in [-0.15, -0.1) is 0 Å². The number of hydrogen-bond donors (Lipinski definition) is 2. The zero-order valence-electron chi connectivity index (χ0n) is 11.3. The molecule has 2 aromatic rings. The van der Waals surface area contributed by atoms with Crippen LogP contribution in [0, 0.1) is 0 Å². The lowest BCUT2D eigenvalue weighted by Gasteiger charge is -2.18. The number of hydrogen-bond acceptors (Lipinski definition) is 5. The Balaban J connectivity index is 2.46. The molecular formula is C13H18N4O2. The molecule has 0 spiro atoms. The molecule has 3 N–H and O–H groups in total. The smallest absolute Gasteiger partial charge is 0.122 e. The SMILES string of the molecule is COc1cc(OC)cc(C(NN)c2cncn2C)c1. The van der Waals surface area contributed by atoms with Crippen molar-refractivity contribution >= 4 is 0 Å². The minimum Gasteiger partial charge on any atom is -0.497 e. The second-order valence-corrected chi connectivity index (χ2v) is 4.18. The van der Waals surface area contributed by atoms with Crippen molar-refractivity contribution < 1.29 is 9.47 Å². The largest absolute Gasteiger partial charge is 0.497 e. The van der Waals surface area contributed by atoms with Crippen LogP contribution in [0.2, 0.25) is 0 Å². The Morgan fingerprint density at radius 2 is 1.84 bits per heavy atom. The summed E-state index contributed by atoms with van der Waals surface area (Å²) in [4.78, 5) is 4.11. The number of nitrogens with zero attached hydrogens (tertiary/aromatic N) is 2. The van der Waals surface area contributed by atoms with E-state index in [9.17, 15) is 0 Å². The van der Waals surface area contributed by atoms with Gasteiger partial charge in [0.2, 0.25) is 0 Å². The summed E-state index contributed by atoms with van der Waals surface area (Å²) < 4.78 is 12.5. The second-order valence-electron chi connectivity index (χ2n) is 4.18. The first-order chi connectivity index (χ1) is 9.19. The maximum absolute atomic E-state index is 5.68. The lowest BCUT2D eigenvalue weighted by Crippen LogP contribution is -2.30. The number of imidazole rings is 1. The molecule has 1 unspecified atom stereocenters. The molecule has 1 atom stereocenters. The highest BCUT2D eigenvalue weighted by atomic mass is 16.5. The van der Waals surface area contributed by atoms with Crippen LogP contribution in [-0.4, -0.2) is 23.8 Å². The fourth-order valence-electron chi connectivity index (χ4n) is 1.99. The summed E-state index contributed by atoms with van der Waals surface area (Å²) in [5, 5.41) is 0. The third-order valence-electron chi connectivity index (χ3n) is 3.02. The number of benzene rings is 1. The number of nitrogens with one attached hydrogen (secondary N) is 1. The zero-order chi connectivity index (χ0) is 13.8. The Bertz CT molecular complexity index is 531. The van der Waals surface area contributed by atoms with Crippen LogP contribution in [0.1, 0.15) is 17.3 Å². The summed E-state index contributed by atoms with van der Waals surface area (Å²) in [5.41, 5.74) is 4.70. The molecule has 0 aliphatic carbocycles. The molecule has 2 rings (SSSR count). The highest BCUT2D eigenvalue weighted by molar-refractivity contribution is 5.42. The van der Waals surface area contributed by atoms with Crippen molar-refractivity contribution in [3.05, 3.63) is 42.0 Å². The van der Waals surface area contributed by atoms with E-state index in [2.05, 4.69) is 10.4 Å². The van der Waals surface area contributed by atoms with Gasteiger partial charge in [-0.25, -0.2) is 10.4 Å². The Morgan fingerprint density at radius 1 is 1.21 bits per heavy atom. The van der Waals surface area contributed by atoms with Gasteiger partial charge < -0.3 is 14.0 Å². The number of methoxy groups -OCH3 is 2. The number of hydrazine groups is 1.